The highest BCUT2D eigenvalue weighted by atomic mass is 15.2. The lowest BCUT2D eigenvalue weighted by atomic mass is 9.86. The first-order valence-corrected chi connectivity index (χ1v) is 8.34. The highest BCUT2D eigenvalue weighted by molar-refractivity contribution is 5.02. The first-order chi connectivity index (χ1) is 8.88. The van der Waals surface area contributed by atoms with Crippen molar-refractivity contribution in [2.45, 2.75) is 71.8 Å². The Labute approximate surface area is 120 Å². The zero-order valence-corrected chi connectivity index (χ0v) is 13.5. The largest absolute Gasteiger partial charge is 0.329 e. The molecule has 0 aromatic rings. The Morgan fingerprint density at radius 2 is 1.89 bits per heavy atom. The summed E-state index contributed by atoms with van der Waals surface area (Å²) in [5.74, 6) is 1.77. The lowest BCUT2D eigenvalue weighted by molar-refractivity contribution is 0.0905. The van der Waals surface area contributed by atoms with Crippen LogP contribution in [-0.2, 0) is 0 Å². The molecule has 2 unspecified atom stereocenters. The normalized spacial score (nSPS) is 36.6. The van der Waals surface area contributed by atoms with Crippen LogP contribution in [0.3, 0.4) is 0 Å². The van der Waals surface area contributed by atoms with Gasteiger partial charge in [0.2, 0.25) is 0 Å². The first-order valence-electron chi connectivity index (χ1n) is 8.34. The molecule has 112 valence electrons. The summed E-state index contributed by atoms with van der Waals surface area (Å²) in [5.41, 5.74) is 7.03. The average Bonchev–Trinajstić information content (AvgIpc) is 2.55. The zero-order valence-electron chi connectivity index (χ0n) is 13.5. The third-order valence-electron chi connectivity index (χ3n) is 5.84. The van der Waals surface area contributed by atoms with Crippen molar-refractivity contribution in [3.63, 3.8) is 0 Å². The monoisotopic (exact) mass is 266 g/mol. The summed E-state index contributed by atoms with van der Waals surface area (Å²) in [6.07, 6.45) is 8.10. The Morgan fingerprint density at radius 1 is 1.16 bits per heavy atom. The molecule has 19 heavy (non-hydrogen) atoms. The molecule has 2 fully saturated rings. The number of nitrogens with zero attached hydrogens (tertiary/aromatic N) is 1. The van der Waals surface area contributed by atoms with E-state index in [-0.39, 0.29) is 0 Å². The molecule has 1 aliphatic carbocycles. The average molecular weight is 266 g/mol. The van der Waals surface area contributed by atoms with Gasteiger partial charge in [-0.15, -0.1) is 0 Å². The van der Waals surface area contributed by atoms with Crippen molar-refractivity contribution >= 4 is 0 Å². The summed E-state index contributed by atoms with van der Waals surface area (Å²) >= 11 is 0. The molecule has 0 radical (unpaired) electrons. The van der Waals surface area contributed by atoms with Crippen LogP contribution in [0.25, 0.3) is 0 Å². The van der Waals surface area contributed by atoms with E-state index in [2.05, 4.69) is 32.6 Å². The van der Waals surface area contributed by atoms with Crippen LogP contribution in [0, 0.1) is 17.3 Å². The predicted molar refractivity (Wildman–Crippen MR) is 83.2 cm³/mol. The topological polar surface area (TPSA) is 29.3 Å². The van der Waals surface area contributed by atoms with Crippen LogP contribution in [0.1, 0.15) is 66.2 Å². The number of likely N-dealkylation sites (tertiary alicyclic amines) is 1. The maximum Gasteiger partial charge on any atom is 0.0337 e. The molecular formula is C17H34N2. The molecular weight excluding hydrogens is 232 g/mol. The molecule has 1 aliphatic heterocycles. The van der Waals surface area contributed by atoms with E-state index in [1.165, 1.54) is 51.6 Å². The summed E-state index contributed by atoms with van der Waals surface area (Å²) in [7, 11) is 0. The van der Waals surface area contributed by atoms with Gasteiger partial charge in [-0.1, -0.05) is 27.7 Å². The van der Waals surface area contributed by atoms with Crippen LogP contribution in [-0.4, -0.2) is 30.1 Å². The number of rotatable bonds is 3. The second-order valence-electron chi connectivity index (χ2n) is 8.19. The molecule has 1 saturated carbocycles. The van der Waals surface area contributed by atoms with Gasteiger partial charge in [-0.3, -0.25) is 4.90 Å². The zero-order chi connectivity index (χ0) is 14.1. The number of hydrogen-bond donors (Lipinski definition) is 1. The van der Waals surface area contributed by atoms with Crippen molar-refractivity contribution in [3.05, 3.63) is 0 Å². The van der Waals surface area contributed by atoms with Crippen molar-refractivity contribution in [3.8, 4) is 0 Å². The van der Waals surface area contributed by atoms with E-state index in [0.717, 1.165) is 18.4 Å². The minimum atomic E-state index is 0.315. The molecule has 0 aromatic carbocycles. The smallest absolute Gasteiger partial charge is 0.0337 e. The standard InChI is InChI=1S/C17H34N2/c1-14(2)15-6-5-10-19(11-7-15)17(13-18)9-8-16(3,4)12-17/h14-15H,5-13,18H2,1-4H3. The lowest BCUT2D eigenvalue weighted by Gasteiger charge is -2.41. The Hall–Kier alpha value is -0.0800. The van der Waals surface area contributed by atoms with E-state index >= 15 is 0 Å². The molecule has 0 amide bonds. The van der Waals surface area contributed by atoms with E-state index in [4.69, 9.17) is 5.73 Å². The van der Waals surface area contributed by atoms with E-state index < -0.39 is 0 Å². The van der Waals surface area contributed by atoms with Crippen LogP contribution in [0.2, 0.25) is 0 Å². The van der Waals surface area contributed by atoms with Crippen molar-refractivity contribution < 1.29 is 0 Å². The summed E-state index contributed by atoms with van der Waals surface area (Å²) in [5, 5.41) is 0. The Bertz CT molecular complexity index is 298. The van der Waals surface area contributed by atoms with Gasteiger partial charge in [0.25, 0.3) is 0 Å². The Morgan fingerprint density at radius 3 is 2.42 bits per heavy atom. The van der Waals surface area contributed by atoms with Crippen LogP contribution in [0.15, 0.2) is 0 Å². The second-order valence-corrected chi connectivity index (χ2v) is 8.19. The number of hydrogen-bond acceptors (Lipinski definition) is 2. The highest BCUT2D eigenvalue weighted by Crippen LogP contribution is 2.47. The van der Waals surface area contributed by atoms with E-state index in [1.54, 1.807) is 0 Å². The lowest BCUT2D eigenvalue weighted by Crippen LogP contribution is -2.53. The molecule has 1 heterocycles. The minimum Gasteiger partial charge on any atom is -0.329 e. The Balaban J connectivity index is 2.04. The molecule has 1 saturated heterocycles. The van der Waals surface area contributed by atoms with Gasteiger partial charge in [0.1, 0.15) is 0 Å². The third-order valence-corrected chi connectivity index (χ3v) is 5.84. The highest BCUT2D eigenvalue weighted by Gasteiger charge is 2.46. The Kier molecular flexibility index (Phi) is 4.62. The predicted octanol–water partition coefficient (Wildman–Crippen LogP) is 3.65. The van der Waals surface area contributed by atoms with Crippen molar-refractivity contribution in [2.24, 2.45) is 23.0 Å². The summed E-state index contributed by atoms with van der Waals surface area (Å²) in [6.45, 7) is 13.0. The van der Waals surface area contributed by atoms with Crippen LogP contribution in [0.4, 0.5) is 0 Å². The molecule has 2 rings (SSSR count). The molecule has 2 heteroatoms. The molecule has 2 N–H and O–H groups in total. The van der Waals surface area contributed by atoms with Gasteiger partial charge in [0, 0.05) is 12.1 Å². The maximum atomic E-state index is 6.22. The second kappa shape index (κ2) is 5.73. The van der Waals surface area contributed by atoms with Gasteiger partial charge in [-0.05, 0) is 68.9 Å². The van der Waals surface area contributed by atoms with Crippen molar-refractivity contribution in [1.29, 1.82) is 0 Å². The number of nitrogens with two attached hydrogens (primary N) is 1. The molecule has 2 atom stereocenters. The molecule has 2 aliphatic rings. The van der Waals surface area contributed by atoms with E-state index in [1.807, 2.05) is 0 Å². The van der Waals surface area contributed by atoms with Gasteiger partial charge in [0.15, 0.2) is 0 Å². The van der Waals surface area contributed by atoms with Gasteiger partial charge in [-0.25, -0.2) is 0 Å². The molecule has 0 aromatic heterocycles. The maximum absolute atomic E-state index is 6.22. The summed E-state index contributed by atoms with van der Waals surface area (Å²) in [6, 6.07) is 0. The fourth-order valence-electron chi connectivity index (χ4n) is 4.48. The quantitative estimate of drug-likeness (QED) is 0.845. The third kappa shape index (κ3) is 3.33. The summed E-state index contributed by atoms with van der Waals surface area (Å²) in [4.78, 5) is 2.77. The summed E-state index contributed by atoms with van der Waals surface area (Å²) < 4.78 is 0. The molecule has 2 nitrogen and oxygen atoms in total. The van der Waals surface area contributed by atoms with Gasteiger partial charge < -0.3 is 5.73 Å². The van der Waals surface area contributed by atoms with Crippen LogP contribution >= 0.6 is 0 Å². The van der Waals surface area contributed by atoms with E-state index in [9.17, 15) is 0 Å². The van der Waals surface area contributed by atoms with Gasteiger partial charge in [0.05, 0.1) is 0 Å². The minimum absolute atomic E-state index is 0.315. The van der Waals surface area contributed by atoms with Crippen LogP contribution in [0.5, 0.6) is 0 Å². The van der Waals surface area contributed by atoms with Gasteiger partial charge in [-0.2, -0.15) is 0 Å². The molecule has 0 bridgehead atoms. The van der Waals surface area contributed by atoms with Gasteiger partial charge >= 0.3 is 0 Å². The molecule has 0 spiro atoms. The fraction of sp³-hybridized carbons (Fsp3) is 1.00. The first kappa shape index (κ1) is 15.3. The fourth-order valence-corrected chi connectivity index (χ4v) is 4.48. The van der Waals surface area contributed by atoms with E-state index in [0.29, 0.717) is 11.0 Å². The van der Waals surface area contributed by atoms with Crippen molar-refractivity contribution in [1.82, 2.24) is 4.90 Å². The van der Waals surface area contributed by atoms with Crippen LogP contribution < -0.4 is 5.73 Å². The SMILES string of the molecule is CC(C)C1CCCN(C2(CN)CCC(C)(C)C2)CC1. The van der Waals surface area contributed by atoms with Crippen molar-refractivity contribution in [2.75, 3.05) is 19.6 Å².